The summed E-state index contributed by atoms with van der Waals surface area (Å²) in [7, 11) is 0. The predicted molar refractivity (Wildman–Crippen MR) is 92.5 cm³/mol. The fourth-order valence-corrected chi connectivity index (χ4v) is 2.16. The summed E-state index contributed by atoms with van der Waals surface area (Å²) in [5, 5.41) is 5.98. The van der Waals surface area contributed by atoms with Gasteiger partial charge in [0.25, 0.3) is 0 Å². The van der Waals surface area contributed by atoms with E-state index in [1.54, 1.807) is 31.2 Å². The first kappa shape index (κ1) is 16.5. The Hall–Kier alpha value is -2.82. The molecule has 23 heavy (non-hydrogen) atoms. The van der Waals surface area contributed by atoms with Gasteiger partial charge in [0, 0.05) is 16.9 Å². The number of anilines is 2. The molecule has 0 aliphatic carbocycles. The fraction of sp³-hybridized carbons (Fsp3) is 0.222. The molecular formula is C18H21N3O2. The van der Waals surface area contributed by atoms with Gasteiger partial charge in [0.15, 0.2) is 0 Å². The van der Waals surface area contributed by atoms with E-state index in [4.69, 9.17) is 5.73 Å². The van der Waals surface area contributed by atoms with E-state index in [1.807, 2.05) is 18.2 Å². The Balaban J connectivity index is 1.97. The molecule has 0 spiro atoms. The van der Waals surface area contributed by atoms with Crippen molar-refractivity contribution < 1.29 is 9.59 Å². The predicted octanol–water partition coefficient (Wildman–Crippen LogP) is 2.79. The van der Waals surface area contributed by atoms with Gasteiger partial charge < -0.3 is 16.4 Å². The molecule has 0 unspecified atom stereocenters. The standard InChI is InChI=1S/C18H21N3O2/c1-3-13-5-4-6-16(11-13)20-12(2)18(23)21-15-9-7-14(8-10-15)17(19)22/h4-12,20H,3H2,1-2H3,(H2,19,22)(H,21,23)/t12-/m0/s1. The molecule has 2 rings (SSSR count). The molecule has 0 radical (unpaired) electrons. The van der Waals surface area contributed by atoms with Crippen LogP contribution in [0.25, 0.3) is 0 Å². The average molecular weight is 311 g/mol. The smallest absolute Gasteiger partial charge is 0.248 e. The Labute approximate surface area is 135 Å². The maximum Gasteiger partial charge on any atom is 0.248 e. The van der Waals surface area contributed by atoms with Crippen LogP contribution < -0.4 is 16.4 Å². The maximum absolute atomic E-state index is 12.2. The second-order valence-electron chi connectivity index (χ2n) is 5.35. The zero-order valence-corrected chi connectivity index (χ0v) is 13.3. The average Bonchev–Trinajstić information content (AvgIpc) is 2.55. The van der Waals surface area contributed by atoms with Crippen LogP contribution in [0.1, 0.15) is 29.8 Å². The van der Waals surface area contributed by atoms with E-state index < -0.39 is 11.9 Å². The van der Waals surface area contributed by atoms with Crippen molar-refractivity contribution >= 4 is 23.2 Å². The highest BCUT2D eigenvalue weighted by molar-refractivity contribution is 5.97. The zero-order chi connectivity index (χ0) is 16.8. The number of aryl methyl sites for hydroxylation is 1. The number of hydrogen-bond donors (Lipinski definition) is 3. The number of benzene rings is 2. The van der Waals surface area contributed by atoms with Gasteiger partial charge in [-0.05, 0) is 55.3 Å². The van der Waals surface area contributed by atoms with E-state index in [0.29, 0.717) is 11.3 Å². The van der Waals surface area contributed by atoms with E-state index >= 15 is 0 Å². The van der Waals surface area contributed by atoms with Crippen molar-refractivity contribution in [2.24, 2.45) is 5.73 Å². The molecule has 0 aliphatic rings. The number of amides is 2. The summed E-state index contributed by atoms with van der Waals surface area (Å²) in [4.78, 5) is 23.2. The van der Waals surface area contributed by atoms with Crippen molar-refractivity contribution in [3.8, 4) is 0 Å². The lowest BCUT2D eigenvalue weighted by atomic mass is 10.1. The lowest BCUT2D eigenvalue weighted by molar-refractivity contribution is -0.116. The third-order valence-electron chi connectivity index (χ3n) is 3.55. The molecule has 2 aromatic rings. The van der Waals surface area contributed by atoms with Crippen molar-refractivity contribution in [1.29, 1.82) is 0 Å². The van der Waals surface area contributed by atoms with Crippen LogP contribution in [0.3, 0.4) is 0 Å². The number of hydrogen-bond acceptors (Lipinski definition) is 3. The molecule has 0 saturated heterocycles. The number of carbonyl (C=O) groups is 2. The Morgan fingerprint density at radius 2 is 1.78 bits per heavy atom. The summed E-state index contributed by atoms with van der Waals surface area (Å²) in [5.41, 5.74) is 8.34. The van der Waals surface area contributed by atoms with Gasteiger partial charge in [-0.2, -0.15) is 0 Å². The van der Waals surface area contributed by atoms with E-state index in [2.05, 4.69) is 23.6 Å². The SMILES string of the molecule is CCc1cccc(N[C@@H](C)C(=O)Nc2ccc(C(N)=O)cc2)c1. The third kappa shape index (κ3) is 4.57. The number of carbonyl (C=O) groups excluding carboxylic acids is 2. The van der Waals surface area contributed by atoms with E-state index in [1.165, 1.54) is 5.56 Å². The first-order valence-electron chi connectivity index (χ1n) is 7.56. The lowest BCUT2D eigenvalue weighted by Gasteiger charge is -2.16. The Bertz CT molecular complexity index is 696. The molecule has 4 N–H and O–H groups in total. The zero-order valence-electron chi connectivity index (χ0n) is 13.3. The highest BCUT2D eigenvalue weighted by Crippen LogP contribution is 2.14. The minimum absolute atomic E-state index is 0.154. The van der Waals surface area contributed by atoms with Gasteiger partial charge in [-0.15, -0.1) is 0 Å². The molecule has 0 aromatic heterocycles. The summed E-state index contributed by atoms with van der Waals surface area (Å²) >= 11 is 0. The van der Waals surface area contributed by atoms with Crippen molar-refractivity contribution in [3.63, 3.8) is 0 Å². The molecule has 0 heterocycles. The van der Waals surface area contributed by atoms with Gasteiger partial charge in [-0.3, -0.25) is 9.59 Å². The van der Waals surface area contributed by atoms with Crippen molar-refractivity contribution in [3.05, 3.63) is 59.7 Å². The normalized spacial score (nSPS) is 11.6. The first-order valence-corrected chi connectivity index (χ1v) is 7.56. The van der Waals surface area contributed by atoms with Crippen LogP contribution in [0.15, 0.2) is 48.5 Å². The largest absolute Gasteiger partial charge is 0.374 e. The molecular weight excluding hydrogens is 290 g/mol. The Kier molecular flexibility index (Phi) is 5.36. The lowest BCUT2D eigenvalue weighted by Crippen LogP contribution is -2.31. The minimum atomic E-state index is -0.492. The summed E-state index contributed by atoms with van der Waals surface area (Å²) in [5.74, 6) is -0.646. The Morgan fingerprint density at radius 1 is 1.09 bits per heavy atom. The third-order valence-corrected chi connectivity index (χ3v) is 3.55. The number of nitrogens with two attached hydrogens (primary N) is 1. The second-order valence-corrected chi connectivity index (χ2v) is 5.35. The van der Waals surface area contributed by atoms with Crippen molar-refractivity contribution in [2.75, 3.05) is 10.6 Å². The second kappa shape index (κ2) is 7.45. The van der Waals surface area contributed by atoms with Gasteiger partial charge in [0.1, 0.15) is 6.04 Å². The number of nitrogens with one attached hydrogen (secondary N) is 2. The van der Waals surface area contributed by atoms with Crippen LogP contribution in [0.5, 0.6) is 0 Å². The molecule has 1 atom stereocenters. The van der Waals surface area contributed by atoms with Crippen LogP contribution in [-0.2, 0) is 11.2 Å². The molecule has 0 bridgehead atoms. The molecule has 120 valence electrons. The van der Waals surface area contributed by atoms with E-state index in [0.717, 1.165) is 12.1 Å². The van der Waals surface area contributed by atoms with Crippen molar-refractivity contribution in [2.45, 2.75) is 26.3 Å². The summed E-state index contributed by atoms with van der Waals surface area (Å²) in [6.45, 7) is 3.89. The molecule has 2 amide bonds. The quantitative estimate of drug-likeness (QED) is 0.767. The molecule has 0 saturated carbocycles. The van der Waals surface area contributed by atoms with Crippen LogP contribution >= 0.6 is 0 Å². The summed E-state index contributed by atoms with van der Waals surface area (Å²) in [6.07, 6.45) is 0.947. The highest BCUT2D eigenvalue weighted by atomic mass is 16.2. The van der Waals surface area contributed by atoms with Gasteiger partial charge in [-0.25, -0.2) is 0 Å². The van der Waals surface area contributed by atoms with Gasteiger partial charge >= 0.3 is 0 Å². The van der Waals surface area contributed by atoms with Crippen molar-refractivity contribution in [1.82, 2.24) is 0 Å². The van der Waals surface area contributed by atoms with Crippen LogP contribution in [0, 0.1) is 0 Å². The van der Waals surface area contributed by atoms with Crippen LogP contribution in [0.4, 0.5) is 11.4 Å². The molecule has 5 heteroatoms. The number of rotatable bonds is 6. The van der Waals surface area contributed by atoms with E-state index in [9.17, 15) is 9.59 Å². The Morgan fingerprint density at radius 3 is 2.39 bits per heavy atom. The minimum Gasteiger partial charge on any atom is -0.374 e. The van der Waals surface area contributed by atoms with Crippen LogP contribution in [0.2, 0.25) is 0 Å². The highest BCUT2D eigenvalue weighted by Gasteiger charge is 2.13. The van der Waals surface area contributed by atoms with Gasteiger partial charge in [-0.1, -0.05) is 19.1 Å². The number of primary amides is 1. The van der Waals surface area contributed by atoms with Gasteiger partial charge in [0.2, 0.25) is 11.8 Å². The van der Waals surface area contributed by atoms with Crippen LogP contribution in [-0.4, -0.2) is 17.9 Å². The molecule has 0 aliphatic heterocycles. The topological polar surface area (TPSA) is 84.2 Å². The fourth-order valence-electron chi connectivity index (χ4n) is 2.16. The molecule has 2 aromatic carbocycles. The maximum atomic E-state index is 12.2. The monoisotopic (exact) mass is 311 g/mol. The first-order chi connectivity index (χ1) is 11.0. The summed E-state index contributed by atoms with van der Waals surface area (Å²) in [6, 6.07) is 14.1. The summed E-state index contributed by atoms with van der Waals surface area (Å²) < 4.78 is 0. The van der Waals surface area contributed by atoms with E-state index in [-0.39, 0.29) is 5.91 Å². The molecule has 5 nitrogen and oxygen atoms in total. The van der Waals surface area contributed by atoms with Gasteiger partial charge in [0.05, 0.1) is 0 Å². The molecule has 0 fully saturated rings.